The largest absolute Gasteiger partial charge is 0.460 e. The zero-order chi connectivity index (χ0) is 15.5. The third-order valence-electron chi connectivity index (χ3n) is 2.77. The summed E-state index contributed by atoms with van der Waals surface area (Å²) in [6.45, 7) is 4.38. The number of anilines is 1. The first-order valence-corrected chi connectivity index (χ1v) is 6.83. The lowest BCUT2D eigenvalue weighted by Gasteiger charge is -2.10. The monoisotopic (exact) mass is 297 g/mol. The van der Waals surface area contributed by atoms with Gasteiger partial charge in [-0.15, -0.1) is 0 Å². The molecule has 0 bridgehead atoms. The van der Waals surface area contributed by atoms with Crippen molar-refractivity contribution < 1.29 is 23.7 Å². The molecule has 0 heterocycles. The Labute approximate surface area is 125 Å². The smallest absolute Gasteiger partial charge is 0.340 e. The van der Waals surface area contributed by atoms with Gasteiger partial charge in [-0.05, 0) is 18.6 Å². The van der Waals surface area contributed by atoms with Crippen LogP contribution in [-0.2, 0) is 18.9 Å². The second kappa shape index (κ2) is 10.1. The van der Waals surface area contributed by atoms with Crippen LogP contribution in [0.25, 0.3) is 0 Å². The Balaban J connectivity index is 2.14. The number of rotatable bonds is 10. The van der Waals surface area contributed by atoms with Gasteiger partial charge < -0.3 is 24.7 Å². The highest BCUT2D eigenvalue weighted by atomic mass is 16.6. The molecule has 2 N–H and O–H groups in total. The van der Waals surface area contributed by atoms with E-state index in [0.29, 0.717) is 44.3 Å². The molecule has 0 saturated heterocycles. The Kier molecular flexibility index (Phi) is 8.42. The fraction of sp³-hybridized carbons (Fsp3) is 0.533. The van der Waals surface area contributed by atoms with Gasteiger partial charge in [0, 0.05) is 12.8 Å². The van der Waals surface area contributed by atoms with Crippen molar-refractivity contribution in [1.82, 2.24) is 0 Å². The summed E-state index contributed by atoms with van der Waals surface area (Å²) in [5.74, 6) is -0.425. The number of aryl methyl sites for hydroxylation is 1. The van der Waals surface area contributed by atoms with Crippen molar-refractivity contribution in [2.45, 2.75) is 6.92 Å². The topological polar surface area (TPSA) is 80.0 Å². The Morgan fingerprint density at radius 2 is 1.67 bits per heavy atom. The molecule has 0 aliphatic rings. The van der Waals surface area contributed by atoms with Crippen LogP contribution >= 0.6 is 0 Å². The Hall–Kier alpha value is -1.63. The molecule has 0 amide bonds. The Morgan fingerprint density at radius 1 is 1.05 bits per heavy atom. The molecular weight excluding hydrogens is 274 g/mol. The van der Waals surface area contributed by atoms with E-state index >= 15 is 0 Å². The van der Waals surface area contributed by atoms with E-state index in [4.69, 9.17) is 24.7 Å². The number of carbonyl (C=O) groups excluding carboxylic acids is 1. The number of nitrogen functional groups attached to an aromatic ring is 1. The summed E-state index contributed by atoms with van der Waals surface area (Å²) >= 11 is 0. The molecule has 6 heteroatoms. The highest BCUT2D eigenvalue weighted by Crippen LogP contribution is 2.17. The zero-order valence-electron chi connectivity index (χ0n) is 12.6. The van der Waals surface area contributed by atoms with Crippen LogP contribution in [-0.4, -0.2) is 52.7 Å². The lowest BCUT2D eigenvalue weighted by Crippen LogP contribution is -2.15. The van der Waals surface area contributed by atoms with Crippen molar-refractivity contribution in [2.75, 3.05) is 52.5 Å². The van der Waals surface area contributed by atoms with Crippen molar-refractivity contribution in [3.8, 4) is 0 Å². The first-order valence-electron chi connectivity index (χ1n) is 6.83. The fourth-order valence-corrected chi connectivity index (χ4v) is 1.70. The van der Waals surface area contributed by atoms with Gasteiger partial charge in [0.15, 0.2) is 0 Å². The van der Waals surface area contributed by atoms with Crippen molar-refractivity contribution in [3.05, 3.63) is 29.3 Å². The predicted molar refractivity (Wildman–Crippen MR) is 79.4 cm³/mol. The summed E-state index contributed by atoms with van der Waals surface area (Å²) in [5.41, 5.74) is 7.41. The molecule has 0 atom stereocenters. The maximum absolute atomic E-state index is 11.9. The molecule has 0 saturated carbocycles. The average molecular weight is 297 g/mol. The van der Waals surface area contributed by atoms with Crippen LogP contribution in [0, 0.1) is 6.92 Å². The third-order valence-corrected chi connectivity index (χ3v) is 2.77. The average Bonchev–Trinajstić information content (AvgIpc) is 2.45. The van der Waals surface area contributed by atoms with E-state index in [1.54, 1.807) is 19.2 Å². The van der Waals surface area contributed by atoms with Crippen LogP contribution in [0.15, 0.2) is 18.2 Å². The number of benzene rings is 1. The fourth-order valence-electron chi connectivity index (χ4n) is 1.70. The Bertz CT molecular complexity index is 416. The lowest BCUT2D eigenvalue weighted by molar-refractivity contribution is 0.00571. The number of nitrogens with two attached hydrogens (primary N) is 1. The first kappa shape index (κ1) is 17.4. The predicted octanol–water partition coefficient (Wildman–Crippen LogP) is 1.41. The van der Waals surface area contributed by atoms with Crippen LogP contribution in [0.4, 0.5) is 5.69 Å². The van der Waals surface area contributed by atoms with Gasteiger partial charge in [-0.3, -0.25) is 0 Å². The molecule has 1 aromatic rings. The number of esters is 1. The highest BCUT2D eigenvalue weighted by molar-refractivity contribution is 5.96. The SMILES string of the molecule is COCCOCCOCCOC(=O)c1c(C)cccc1N. The summed E-state index contributed by atoms with van der Waals surface area (Å²) in [5, 5.41) is 0. The highest BCUT2D eigenvalue weighted by Gasteiger charge is 2.13. The number of hydrogen-bond donors (Lipinski definition) is 1. The minimum atomic E-state index is -0.425. The van der Waals surface area contributed by atoms with E-state index in [9.17, 15) is 4.79 Å². The van der Waals surface area contributed by atoms with E-state index in [2.05, 4.69) is 0 Å². The normalized spacial score (nSPS) is 10.6. The van der Waals surface area contributed by atoms with E-state index in [-0.39, 0.29) is 6.61 Å². The van der Waals surface area contributed by atoms with Crippen molar-refractivity contribution in [1.29, 1.82) is 0 Å². The van der Waals surface area contributed by atoms with Gasteiger partial charge in [0.1, 0.15) is 6.61 Å². The summed E-state index contributed by atoms with van der Waals surface area (Å²) in [7, 11) is 1.62. The van der Waals surface area contributed by atoms with E-state index in [1.165, 1.54) is 0 Å². The summed E-state index contributed by atoms with van der Waals surface area (Å²) < 4.78 is 20.5. The second-order valence-corrected chi connectivity index (χ2v) is 4.39. The minimum absolute atomic E-state index is 0.185. The first-order chi connectivity index (χ1) is 10.2. The third kappa shape index (κ3) is 6.57. The molecule has 0 aromatic heterocycles. The van der Waals surface area contributed by atoms with Crippen LogP contribution in [0.5, 0.6) is 0 Å². The molecule has 1 rings (SSSR count). The second-order valence-electron chi connectivity index (χ2n) is 4.39. The molecule has 0 unspecified atom stereocenters. The van der Waals surface area contributed by atoms with Crippen LogP contribution in [0.1, 0.15) is 15.9 Å². The lowest BCUT2D eigenvalue weighted by atomic mass is 10.1. The van der Waals surface area contributed by atoms with Gasteiger partial charge in [0.05, 0.1) is 38.6 Å². The standard InChI is InChI=1S/C15H23NO5/c1-12-4-3-5-13(16)14(12)15(17)21-11-10-20-9-8-19-7-6-18-2/h3-5H,6-11,16H2,1-2H3. The summed E-state index contributed by atoms with van der Waals surface area (Å²) in [6, 6.07) is 5.30. The molecule has 0 fully saturated rings. The molecule has 0 radical (unpaired) electrons. The number of ether oxygens (including phenoxy) is 4. The minimum Gasteiger partial charge on any atom is -0.460 e. The van der Waals surface area contributed by atoms with Gasteiger partial charge in [-0.1, -0.05) is 12.1 Å². The van der Waals surface area contributed by atoms with E-state index in [1.807, 2.05) is 13.0 Å². The van der Waals surface area contributed by atoms with Crippen molar-refractivity contribution in [3.63, 3.8) is 0 Å². The molecule has 6 nitrogen and oxygen atoms in total. The zero-order valence-corrected chi connectivity index (χ0v) is 12.6. The van der Waals surface area contributed by atoms with Gasteiger partial charge in [-0.2, -0.15) is 0 Å². The Morgan fingerprint density at radius 3 is 2.29 bits per heavy atom. The van der Waals surface area contributed by atoms with Gasteiger partial charge >= 0.3 is 5.97 Å². The molecule has 118 valence electrons. The van der Waals surface area contributed by atoms with Gasteiger partial charge in [-0.25, -0.2) is 4.79 Å². The van der Waals surface area contributed by atoms with Gasteiger partial charge in [0.2, 0.25) is 0 Å². The van der Waals surface area contributed by atoms with Crippen LogP contribution < -0.4 is 5.73 Å². The molecular formula is C15H23NO5. The van der Waals surface area contributed by atoms with E-state index < -0.39 is 5.97 Å². The molecule has 0 spiro atoms. The molecule has 0 aliphatic heterocycles. The van der Waals surface area contributed by atoms with Crippen molar-refractivity contribution >= 4 is 11.7 Å². The summed E-state index contributed by atoms with van der Waals surface area (Å²) in [6.07, 6.45) is 0. The van der Waals surface area contributed by atoms with Crippen LogP contribution in [0.2, 0.25) is 0 Å². The maximum atomic E-state index is 11.9. The molecule has 1 aromatic carbocycles. The molecule has 21 heavy (non-hydrogen) atoms. The van der Waals surface area contributed by atoms with Gasteiger partial charge in [0.25, 0.3) is 0 Å². The quantitative estimate of drug-likeness (QED) is 0.399. The van der Waals surface area contributed by atoms with Crippen molar-refractivity contribution in [2.24, 2.45) is 0 Å². The number of hydrogen-bond acceptors (Lipinski definition) is 6. The summed E-state index contributed by atoms with van der Waals surface area (Å²) in [4.78, 5) is 11.9. The number of methoxy groups -OCH3 is 1. The van der Waals surface area contributed by atoms with E-state index in [0.717, 1.165) is 5.56 Å². The maximum Gasteiger partial charge on any atom is 0.340 e. The number of carbonyl (C=O) groups is 1. The van der Waals surface area contributed by atoms with Crippen LogP contribution in [0.3, 0.4) is 0 Å². The molecule has 0 aliphatic carbocycles.